The minimum Gasteiger partial charge on any atom is -0.479 e. The molecule has 0 aliphatic carbocycles. The normalized spacial score (nSPS) is 11.4. The van der Waals surface area contributed by atoms with Crippen LogP contribution in [0.25, 0.3) is 0 Å². The smallest absolute Gasteiger partial charge is 0.174 e. The largest absolute Gasteiger partial charge is 0.479 e. The number of hydrogen-bond donors (Lipinski definition) is 1. The van der Waals surface area contributed by atoms with E-state index in [1.807, 2.05) is 36.4 Å². The quantitative estimate of drug-likeness (QED) is 0.833. The molecule has 0 aliphatic heterocycles. The number of aryl methyl sites for hydroxylation is 1. The van der Waals surface area contributed by atoms with Gasteiger partial charge in [0.15, 0.2) is 6.61 Å². The van der Waals surface area contributed by atoms with Crippen LogP contribution in [0, 0.1) is 11.3 Å². The molecule has 1 atom stereocenters. The summed E-state index contributed by atoms with van der Waals surface area (Å²) in [5.41, 5.74) is 2.38. The Morgan fingerprint density at radius 3 is 2.71 bits per heavy atom. The Morgan fingerprint density at radius 1 is 1.14 bits per heavy atom. The second kappa shape index (κ2) is 7.96. The van der Waals surface area contributed by atoms with Gasteiger partial charge >= 0.3 is 0 Å². The molecule has 108 valence electrons. The van der Waals surface area contributed by atoms with Crippen molar-refractivity contribution in [2.75, 3.05) is 11.9 Å². The third-order valence-electron chi connectivity index (χ3n) is 3.26. The van der Waals surface area contributed by atoms with Gasteiger partial charge in [-0.05, 0) is 37.5 Å². The first kappa shape index (κ1) is 14.9. The van der Waals surface area contributed by atoms with Gasteiger partial charge in [0.1, 0.15) is 11.8 Å². The summed E-state index contributed by atoms with van der Waals surface area (Å²) in [5, 5.41) is 12.0. The van der Waals surface area contributed by atoms with Crippen molar-refractivity contribution in [2.45, 2.75) is 25.8 Å². The molecule has 0 radical (unpaired) electrons. The molecule has 0 saturated heterocycles. The highest BCUT2D eigenvalue weighted by molar-refractivity contribution is 5.48. The van der Waals surface area contributed by atoms with Crippen LogP contribution in [0.5, 0.6) is 5.75 Å². The maximum absolute atomic E-state index is 8.53. The Labute approximate surface area is 126 Å². The van der Waals surface area contributed by atoms with Crippen molar-refractivity contribution in [3.05, 3.63) is 60.2 Å². The zero-order valence-corrected chi connectivity index (χ0v) is 12.3. The maximum atomic E-state index is 8.53. The lowest BCUT2D eigenvalue weighted by Crippen LogP contribution is -2.16. The maximum Gasteiger partial charge on any atom is 0.174 e. The van der Waals surface area contributed by atoms with E-state index in [0.717, 1.165) is 24.3 Å². The predicted molar refractivity (Wildman–Crippen MR) is 85.4 cm³/mol. The first-order valence-corrected chi connectivity index (χ1v) is 7.18. The SMILES string of the molecule is CC(CCc1ccccc1)Nc1cccc(OCC#N)c1. The van der Waals surface area contributed by atoms with Gasteiger partial charge in [0.25, 0.3) is 0 Å². The lowest BCUT2D eigenvalue weighted by Gasteiger charge is -2.16. The Kier molecular flexibility index (Phi) is 5.66. The number of nitriles is 1. The number of ether oxygens (including phenoxy) is 1. The van der Waals surface area contributed by atoms with Gasteiger partial charge in [0.05, 0.1) is 0 Å². The summed E-state index contributed by atoms with van der Waals surface area (Å²) in [7, 11) is 0. The van der Waals surface area contributed by atoms with Crippen LogP contribution in [0.3, 0.4) is 0 Å². The van der Waals surface area contributed by atoms with Crippen molar-refractivity contribution in [2.24, 2.45) is 0 Å². The van der Waals surface area contributed by atoms with Crippen molar-refractivity contribution in [1.82, 2.24) is 0 Å². The monoisotopic (exact) mass is 280 g/mol. The van der Waals surface area contributed by atoms with Gasteiger partial charge < -0.3 is 10.1 Å². The summed E-state index contributed by atoms with van der Waals surface area (Å²) in [4.78, 5) is 0. The molecule has 1 unspecified atom stereocenters. The standard InChI is InChI=1S/C18H20N2O/c1-15(10-11-16-6-3-2-4-7-16)20-17-8-5-9-18(14-17)21-13-12-19/h2-9,14-15,20H,10-11,13H2,1H3. The summed E-state index contributed by atoms with van der Waals surface area (Å²) >= 11 is 0. The van der Waals surface area contributed by atoms with E-state index >= 15 is 0 Å². The predicted octanol–water partition coefficient (Wildman–Crippen LogP) is 4.02. The van der Waals surface area contributed by atoms with E-state index in [-0.39, 0.29) is 6.61 Å². The van der Waals surface area contributed by atoms with E-state index in [1.54, 1.807) is 0 Å². The first-order valence-electron chi connectivity index (χ1n) is 7.18. The molecule has 3 nitrogen and oxygen atoms in total. The Morgan fingerprint density at radius 2 is 1.95 bits per heavy atom. The van der Waals surface area contributed by atoms with Crippen LogP contribution >= 0.6 is 0 Å². The fraction of sp³-hybridized carbons (Fsp3) is 0.278. The molecule has 1 N–H and O–H groups in total. The van der Waals surface area contributed by atoms with Gasteiger partial charge in [-0.2, -0.15) is 5.26 Å². The average Bonchev–Trinajstić information content (AvgIpc) is 2.52. The highest BCUT2D eigenvalue weighted by Gasteiger charge is 2.04. The molecule has 0 aromatic heterocycles. The molecule has 0 amide bonds. The van der Waals surface area contributed by atoms with E-state index in [9.17, 15) is 0 Å². The van der Waals surface area contributed by atoms with Crippen molar-refractivity contribution in [3.63, 3.8) is 0 Å². The Bertz CT molecular complexity index is 590. The summed E-state index contributed by atoms with van der Waals surface area (Å²) < 4.78 is 5.31. The molecular weight excluding hydrogens is 260 g/mol. The zero-order valence-electron chi connectivity index (χ0n) is 12.3. The molecule has 0 spiro atoms. The van der Waals surface area contributed by atoms with Crippen molar-refractivity contribution < 1.29 is 4.74 Å². The van der Waals surface area contributed by atoms with Crippen LogP contribution in [0.1, 0.15) is 18.9 Å². The number of anilines is 1. The van der Waals surface area contributed by atoms with Gasteiger partial charge in [-0.15, -0.1) is 0 Å². The van der Waals surface area contributed by atoms with Gasteiger partial charge in [-0.25, -0.2) is 0 Å². The molecule has 2 aromatic carbocycles. The van der Waals surface area contributed by atoms with Crippen LogP contribution < -0.4 is 10.1 Å². The molecule has 0 heterocycles. The molecule has 0 saturated carbocycles. The van der Waals surface area contributed by atoms with E-state index in [1.165, 1.54) is 5.56 Å². The van der Waals surface area contributed by atoms with Gasteiger partial charge in [-0.1, -0.05) is 36.4 Å². The van der Waals surface area contributed by atoms with E-state index in [2.05, 4.69) is 36.5 Å². The van der Waals surface area contributed by atoms with Crippen molar-refractivity contribution in [3.8, 4) is 11.8 Å². The fourth-order valence-electron chi connectivity index (χ4n) is 2.18. The molecular formula is C18H20N2O. The summed E-state index contributed by atoms with van der Waals surface area (Å²) in [6.07, 6.45) is 2.12. The molecule has 21 heavy (non-hydrogen) atoms. The Hall–Kier alpha value is -2.47. The van der Waals surface area contributed by atoms with Crippen LogP contribution in [-0.2, 0) is 6.42 Å². The number of benzene rings is 2. The van der Waals surface area contributed by atoms with Crippen LogP contribution in [0.15, 0.2) is 54.6 Å². The molecule has 0 aliphatic rings. The second-order valence-electron chi connectivity index (χ2n) is 5.04. The minimum atomic E-state index is 0.0764. The lowest BCUT2D eigenvalue weighted by molar-refractivity contribution is 0.368. The molecule has 2 rings (SSSR count). The summed E-state index contributed by atoms with van der Waals surface area (Å²) in [6.45, 7) is 2.25. The number of nitrogens with one attached hydrogen (secondary N) is 1. The third-order valence-corrected chi connectivity index (χ3v) is 3.26. The number of hydrogen-bond acceptors (Lipinski definition) is 3. The van der Waals surface area contributed by atoms with Crippen LogP contribution in [0.2, 0.25) is 0 Å². The first-order chi connectivity index (χ1) is 10.3. The lowest BCUT2D eigenvalue weighted by atomic mass is 10.1. The Balaban J connectivity index is 1.84. The van der Waals surface area contributed by atoms with Crippen LogP contribution in [0.4, 0.5) is 5.69 Å². The topological polar surface area (TPSA) is 45.0 Å². The van der Waals surface area contributed by atoms with Crippen LogP contribution in [-0.4, -0.2) is 12.6 Å². The minimum absolute atomic E-state index is 0.0764. The van der Waals surface area contributed by atoms with Gasteiger partial charge in [0, 0.05) is 17.8 Å². The number of nitrogens with zero attached hydrogens (tertiary/aromatic N) is 1. The molecule has 0 bridgehead atoms. The summed E-state index contributed by atoms with van der Waals surface area (Å²) in [5.74, 6) is 0.719. The average molecular weight is 280 g/mol. The van der Waals surface area contributed by atoms with Crippen molar-refractivity contribution >= 4 is 5.69 Å². The third kappa shape index (κ3) is 5.19. The second-order valence-corrected chi connectivity index (χ2v) is 5.04. The van der Waals surface area contributed by atoms with E-state index in [4.69, 9.17) is 10.00 Å². The van der Waals surface area contributed by atoms with Gasteiger partial charge in [0.2, 0.25) is 0 Å². The van der Waals surface area contributed by atoms with E-state index < -0.39 is 0 Å². The van der Waals surface area contributed by atoms with E-state index in [0.29, 0.717) is 6.04 Å². The highest BCUT2D eigenvalue weighted by atomic mass is 16.5. The molecule has 3 heteroatoms. The fourth-order valence-corrected chi connectivity index (χ4v) is 2.18. The summed E-state index contributed by atoms with van der Waals surface area (Å²) in [6, 6.07) is 20.6. The molecule has 2 aromatic rings. The van der Waals surface area contributed by atoms with Gasteiger partial charge in [-0.3, -0.25) is 0 Å². The number of rotatable bonds is 7. The van der Waals surface area contributed by atoms with Crippen molar-refractivity contribution in [1.29, 1.82) is 5.26 Å². The highest BCUT2D eigenvalue weighted by Crippen LogP contribution is 2.19. The zero-order chi connectivity index (χ0) is 14.9. The molecule has 0 fully saturated rings.